The fraction of sp³-hybridized carbons (Fsp3) is 0.310. The van der Waals surface area contributed by atoms with Gasteiger partial charge in [0.25, 0.3) is 5.91 Å². The summed E-state index contributed by atoms with van der Waals surface area (Å²) < 4.78 is 27.1. The smallest absolute Gasteiger partial charge is 0.304 e. The van der Waals surface area contributed by atoms with Crippen molar-refractivity contribution in [3.8, 4) is 22.6 Å². The molecule has 2 aliphatic rings. The quantitative estimate of drug-likeness (QED) is 0.479. The lowest BCUT2D eigenvalue weighted by Crippen LogP contribution is -2.18. The number of aryl methyl sites for hydroxylation is 2. The summed E-state index contributed by atoms with van der Waals surface area (Å²) in [6.07, 6.45) is 0.878. The molecule has 0 saturated carbocycles. The molecular weight excluding hydrogens is 461 g/mol. The van der Waals surface area contributed by atoms with E-state index in [4.69, 9.17) is 14.6 Å². The second-order valence-corrected chi connectivity index (χ2v) is 9.50. The first kappa shape index (κ1) is 23.9. The van der Waals surface area contributed by atoms with E-state index in [2.05, 4.69) is 5.32 Å². The number of fused-ring (bicyclic) bond motifs is 2. The van der Waals surface area contributed by atoms with Crippen molar-refractivity contribution in [2.45, 2.75) is 45.1 Å². The Morgan fingerprint density at radius 1 is 1.14 bits per heavy atom. The van der Waals surface area contributed by atoms with Crippen molar-refractivity contribution in [2.75, 3.05) is 13.7 Å². The lowest BCUT2D eigenvalue weighted by Gasteiger charge is -2.19. The van der Waals surface area contributed by atoms with Crippen LogP contribution in [0.4, 0.5) is 4.39 Å². The fourth-order valence-electron chi connectivity index (χ4n) is 5.56. The van der Waals surface area contributed by atoms with Crippen LogP contribution in [0.1, 0.15) is 63.0 Å². The van der Waals surface area contributed by atoms with E-state index in [-0.39, 0.29) is 24.1 Å². The van der Waals surface area contributed by atoms with Gasteiger partial charge in [-0.2, -0.15) is 0 Å². The normalized spacial score (nSPS) is 17.8. The molecular formula is C29H28FNO5. The summed E-state index contributed by atoms with van der Waals surface area (Å²) >= 11 is 0. The van der Waals surface area contributed by atoms with Crippen LogP contribution >= 0.6 is 0 Å². The Kier molecular flexibility index (Phi) is 6.16. The van der Waals surface area contributed by atoms with Crippen LogP contribution in [0.25, 0.3) is 11.1 Å². The predicted molar refractivity (Wildman–Crippen MR) is 133 cm³/mol. The highest BCUT2D eigenvalue weighted by Crippen LogP contribution is 2.45. The highest BCUT2D eigenvalue weighted by Gasteiger charge is 2.32. The number of hydrogen-bond acceptors (Lipinski definition) is 4. The first-order chi connectivity index (χ1) is 17.3. The van der Waals surface area contributed by atoms with Crippen LogP contribution in [0.2, 0.25) is 0 Å². The van der Waals surface area contributed by atoms with Gasteiger partial charge in [0.2, 0.25) is 0 Å². The van der Waals surface area contributed by atoms with Gasteiger partial charge in [0, 0.05) is 35.7 Å². The number of carboxylic acid groups (broad SMARTS) is 1. The van der Waals surface area contributed by atoms with Crippen LogP contribution in [0.3, 0.4) is 0 Å². The summed E-state index contributed by atoms with van der Waals surface area (Å²) in [5, 5.41) is 11.8. The zero-order chi connectivity index (χ0) is 25.6. The van der Waals surface area contributed by atoms with Crippen molar-refractivity contribution in [3.63, 3.8) is 0 Å². The molecule has 1 amide bonds. The first-order valence-corrected chi connectivity index (χ1v) is 12.1. The molecule has 0 saturated heterocycles. The summed E-state index contributed by atoms with van der Waals surface area (Å²) in [5.41, 5.74) is 6.83. The number of benzene rings is 3. The average molecular weight is 490 g/mol. The van der Waals surface area contributed by atoms with Crippen molar-refractivity contribution >= 4 is 11.9 Å². The van der Waals surface area contributed by atoms with E-state index in [1.165, 1.54) is 6.07 Å². The average Bonchev–Trinajstić information content (AvgIpc) is 3.44. The van der Waals surface area contributed by atoms with E-state index in [0.717, 1.165) is 33.4 Å². The van der Waals surface area contributed by atoms with E-state index in [1.54, 1.807) is 19.2 Å². The summed E-state index contributed by atoms with van der Waals surface area (Å²) in [5.74, 6) is -0.298. The number of ether oxygens (including phenoxy) is 2. The van der Waals surface area contributed by atoms with Crippen LogP contribution in [0.5, 0.6) is 11.5 Å². The molecule has 3 aromatic rings. The van der Waals surface area contributed by atoms with E-state index >= 15 is 4.39 Å². The van der Waals surface area contributed by atoms with Crippen molar-refractivity contribution in [1.29, 1.82) is 0 Å². The molecule has 36 heavy (non-hydrogen) atoms. The molecule has 1 aliphatic carbocycles. The number of hydrogen-bond donors (Lipinski definition) is 2. The van der Waals surface area contributed by atoms with Crippen molar-refractivity contribution in [3.05, 3.63) is 81.7 Å². The van der Waals surface area contributed by atoms with Crippen molar-refractivity contribution in [1.82, 2.24) is 5.32 Å². The third-order valence-corrected chi connectivity index (χ3v) is 7.14. The molecule has 6 nitrogen and oxygen atoms in total. The van der Waals surface area contributed by atoms with Gasteiger partial charge in [-0.3, -0.25) is 9.59 Å². The van der Waals surface area contributed by atoms with Crippen LogP contribution in [-0.2, 0) is 11.2 Å². The van der Waals surface area contributed by atoms with Crippen LogP contribution in [0, 0.1) is 19.7 Å². The number of halogens is 1. The lowest BCUT2D eigenvalue weighted by molar-refractivity contribution is -0.137. The molecule has 0 aromatic heterocycles. The molecule has 5 rings (SSSR count). The number of amides is 1. The molecule has 0 radical (unpaired) electrons. The van der Waals surface area contributed by atoms with E-state index < -0.39 is 12.1 Å². The second-order valence-electron chi connectivity index (χ2n) is 9.50. The summed E-state index contributed by atoms with van der Waals surface area (Å²) in [6.45, 7) is 4.26. The molecule has 2 atom stereocenters. The Bertz CT molecular complexity index is 1360. The molecule has 7 heteroatoms. The molecule has 1 unspecified atom stereocenters. The Morgan fingerprint density at radius 3 is 2.58 bits per heavy atom. The van der Waals surface area contributed by atoms with Gasteiger partial charge in [-0.05, 0) is 78.8 Å². The van der Waals surface area contributed by atoms with Crippen LogP contribution in [-0.4, -0.2) is 30.6 Å². The summed E-state index contributed by atoms with van der Waals surface area (Å²) in [4.78, 5) is 23.2. The molecule has 0 fully saturated rings. The number of carbonyl (C=O) groups excluding carboxylic acids is 1. The molecule has 0 spiro atoms. The minimum absolute atomic E-state index is 0.0140. The first-order valence-electron chi connectivity index (χ1n) is 12.1. The zero-order valence-corrected chi connectivity index (χ0v) is 20.5. The number of carboxylic acids is 1. The minimum atomic E-state index is -0.862. The Hall–Kier alpha value is -3.87. The van der Waals surface area contributed by atoms with Gasteiger partial charge in [0.15, 0.2) is 0 Å². The molecule has 1 heterocycles. The van der Waals surface area contributed by atoms with Gasteiger partial charge in [-0.1, -0.05) is 12.1 Å². The molecule has 3 aromatic carbocycles. The minimum Gasteiger partial charge on any atom is -0.492 e. The zero-order valence-electron chi connectivity index (χ0n) is 20.5. The van der Waals surface area contributed by atoms with Gasteiger partial charge in [0.05, 0.1) is 13.0 Å². The highest BCUT2D eigenvalue weighted by atomic mass is 19.1. The number of carbonyl (C=O) groups is 2. The van der Waals surface area contributed by atoms with Gasteiger partial charge in [-0.25, -0.2) is 4.39 Å². The standard InChI is InChI=1S/C29H28FNO5/c1-15-10-17(29(34)31-3)11-16(2)27(15)21-6-8-23(30)28-22(21)7-9-24(28)36-19-4-5-20-18(12-26(32)33)14-35-25(20)13-19/h4-6,8,10-11,13,18,24H,7,9,12,14H2,1-3H3,(H,31,34)(H,32,33)/t18?,24-/m1/s1. The van der Waals surface area contributed by atoms with Gasteiger partial charge >= 0.3 is 5.97 Å². The highest BCUT2D eigenvalue weighted by molar-refractivity contribution is 5.95. The van der Waals surface area contributed by atoms with Crippen molar-refractivity contribution < 1.29 is 28.6 Å². The topological polar surface area (TPSA) is 84.9 Å². The number of nitrogens with one attached hydrogen (secondary N) is 1. The Morgan fingerprint density at radius 2 is 1.89 bits per heavy atom. The third-order valence-electron chi connectivity index (χ3n) is 7.14. The van der Waals surface area contributed by atoms with E-state index in [9.17, 15) is 9.59 Å². The maximum Gasteiger partial charge on any atom is 0.304 e. The number of aliphatic carboxylic acids is 1. The largest absolute Gasteiger partial charge is 0.492 e. The maximum atomic E-state index is 15.1. The molecule has 0 bridgehead atoms. The summed E-state index contributed by atoms with van der Waals surface area (Å²) in [6, 6.07) is 12.4. The van der Waals surface area contributed by atoms with Gasteiger partial charge < -0.3 is 19.9 Å². The molecule has 186 valence electrons. The maximum absolute atomic E-state index is 15.1. The predicted octanol–water partition coefficient (Wildman–Crippen LogP) is 5.49. The van der Waals surface area contributed by atoms with Gasteiger partial charge in [0.1, 0.15) is 23.4 Å². The third kappa shape index (κ3) is 4.19. The SMILES string of the molecule is CNC(=O)c1cc(C)c(-c2ccc(F)c3c2CC[C@H]3Oc2ccc3c(c2)OCC3CC(=O)O)c(C)c1. The lowest BCUT2D eigenvalue weighted by atomic mass is 9.89. The fourth-order valence-corrected chi connectivity index (χ4v) is 5.56. The van der Waals surface area contributed by atoms with Crippen LogP contribution < -0.4 is 14.8 Å². The second kappa shape index (κ2) is 9.30. The summed E-state index contributed by atoms with van der Waals surface area (Å²) in [7, 11) is 1.61. The van der Waals surface area contributed by atoms with E-state index in [1.807, 2.05) is 38.1 Å². The Balaban J connectivity index is 1.46. The molecule has 2 N–H and O–H groups in total. The Labute approximate surface area is 209 Å². The van der Waals surface area contributed by atoms with Crippen LogP contribution in [0.15, 0.2) is 42.5 Å². The number of rotatable bonds is 6. The van der Waals surface area contributed by atoms with Gasteiger partial charge in [-0.15, -0.1) is 0 Å². The van der Waals surface area contributed by atoms with Crippen molar-refractivity contribution in [2.24, 2.45) is 0 Å². The van der Waals surface area contributed by atoms with E-state index in [0.29, 0.717) is 42.1 Å². The molecule has 1 aliphatic heterocycles. The monoisotopic (exact) mass is 489 g/mol.